The van der Waals surface area contributed by atoms with Crippen molar-refractivity contribution in [2.45, 2.75) is 51.6 Å². The number of carbonyl (C=O) groups is 2. The summed E-state index contributed by atoms with van der Waals surface area (Å²) >= 11 is 0. The molecule has 32 heavy (non-hydrogen) atoms. The van der Waals surface area contributed by atoms with Crippen molar-refractivity contribution in [1.29, 1.82) is 0 Å². The summed E-state index contributed by atoms with van der Waals surface area (Å²) in [5.41, 5.74) is 0.608. The molecule has 9 heteroatoms. The molecule has 3 heterocycles. The van der Waals surface area contributed by atoms with Crippen molar-refractivity contribution in [2.24, 2.45) is 11.8 Å². The molecule has 2 aliphatic rings. The number of aromatic nitrogens is 3. The number of anilines is 1. The third-order valence-corrected chi connectivity index (χ3v) is 5.87. The number of carboxylic acids is 1. The Bertz CT molecular complexity index is 930. The van der Waals surface area contributed by atoms with Gasteiger partial charge in [0.1, 0.15) is 11.6 Å². The predicted octanol–water partition coefficient (Wildman–Crippen LogP) is 2.89. The third kappa shape index (κ3) is 5.52. The molecule has 2 fully saturated rings. The molecule has 1 saturated carbocycles. The Morgan fingerprint density at radius 3 is 2.59 bits per heavy atom. The van der Waals surface area contributed by atoms with E-state index in [2.05, 4.69) is 15.0 Å². The lowest BCUT2D eigenvalue weighted by Gasteiger charge is -2.17. The van der Waals surface area contributed by atoms with Gasteiger partial charge in [-0.2, -0.15) is 0 Å². The maximum Gasteiger partial charge on any atom is 0.306 e. The topological polar surface area (TPSA) is 115 Å². The van der Waals surface area contributed by atoms with Gasteiger partial charge in [0, 0.05) is 25.5 Å². The van der Waals surface area contributed by atoms with E-state index in [1.807, 2.05) is 6.92 Å². The van der Waals surface area contributed by atoms with Gasteiger partial charge in [-0.25, -0.2) is 15.0 Å². The number of hydrogen-bond donors (Lipinski definition) is 1. The summed E-state index contributed by atoms with van der Waals surface area (Å²) in [4.78, 5) is 38.4. The van der Waals surface area contributed by atoms with Crippen LogP contribution in [0.4, 0.5) is 5.69 Å². The molecular formula is C23H28N4O5. The van der Waals surface area contributed by atoms with Crippen LogP contribution < -0.4 is 14.4 Å². The zero-order valence-corrected chi connectivity index (χ0v) is 18.1. The number of ether oxygens (including phenoxy) is 2. The minimum absolute atomic E-state index is 0.146. The zero-order valence-electron chi connectivity index (χ0n) is 18.1. The van der Waals surface area contributed by atoms with Gasteiger partial charge in [0.2, 0.25) is 5.88 Å². The van der Waals surface area contributed by atoms with Gasteiger partial charge in [-0.1, -0.05) is 6.92 Å². The third-order valence-electron chi connectivity index (χ3n) is 5.87. The molecule has 1 amide bonds. The molecular weight excluding hydrogens is 412 g/mol. The van der Waals surface area contributed by atoms with Gasteiger partial charge < -0.3 is 19.5 Å². The van der Waals surface area contributed by atoms with E-state index < -0.39 is 18.0 Å². The Balaban J connectivity index is 1.29. The normalized spacial score (nSPS) is 19.1. The van der Waals surface area contributed by atoms with Crippen LogP contribution in [-0.2, 0) is 16.0 Å². The summed E-state index contributed by atoms with van der Waals surface area (Å²) in [6, 6.07) is 3.53. The summed E-state index contributed by atoms with van der Waals surface area (Å²) in [6.45, 7) is 3.07. The monoisotopic (exact) mass is 440 g/mol. The zero-order chi connectivity index (χ0) is 22.5. The molecule has 2 aromatic rings. The summed E-state index contributed by atoms with van der Waals surface area (Å²) in [6.07, 6.45) is 8.75. The number of amides is 1. The van der Waals surface area contributed by atoms with Crippen LogP contribution in [0.15, 0.2) is 30.7 Å². The van der Waals surface area contributed by atoms with E-state index in [-0.39, 0.29) is 5.91 Å². The predicted molar refractivity (Wildman–Crippen MR) is 116 cm³/mol. The quantitative estimate of drug-likeness (QED) is 0.567. The van der Waals surface area contributed by atoms with Crippen LogP contribution in [0, 0.1) is 11.8 Å². The molecule has 0 spiro atoms. The number of nitrogens with zero attached hydrogens (tertiary/aromatic N) is 4. The van der Waals surface area contributed by atoms with Crippen molar-refractivity contribution in [3.8, 4) is 11.6 Å². The molecule has 2 aromatic heterocycles. The first kappa shape index (κ1) is 22.0. The van der Waals surface area contributed by atoms with E-state index >= 15 is 0 Å². The standard InChI is InChI=1S/C23H28N4O5/c1-2-16(23(29)30)5-7-20-24-11-17(12-25-20)27-10-9-19(22(27)28)32-18-6-8-21(26-13-18)31-14-15-3-4-15/h6,8,11-13,15-16,19H,2-5,7,9-10,14H2,1H3,(H,29,30)/t16?,19-/m1/s1. The van der Waals surface area contributed by atoms with Crippen molar-refractivity contribution < 1.29 is 24.2 Å². The molecule has 2 atom stereocenters. The fraction of sp³-hybridized carbons (Fsp3) is 0.522. The fourth-order valence-corrected chi connectivity index (χ4v) is 3.62. The first-order valence-electron chi connectivity index (χ1n) is 11.1. The lowest BCUT2D eigenvalue weighted by molar-refractivity contribution is -0.142. The van der Waals surface area contributed by atoms with Crippen LogP contribution in [0.5, 0.6) is 11.6 Å². The molecule has 0 aromatic carbocycles. The van der Waals surface area contributed by atoms with Gasteiger partial charge in [-0.15, -0.1) is 0 Å². The van der Waals surface area contributed by atoms with Crippen LogP contribution in [-0.4, -0.2) is 51.2 Å². The highest BCUT2D eigenvalue weighted by Crippen LogP contribution is 2.29. The van der Waals surface area contributed by atoms with Gasteiger partial charge in [-0.05, 0) is 37.7 Å². The van der Waals surface area contributed by atoms with Crippen LogP contribution in [0.3, 0.4) is 0 Å². The van der Waals surface area contributed by atoms with E-state index in [0.717, 1.165) is 0 Å². The number of carboxylic acid groups (broad SMARTS) is 1. The highest BCUT2D eigenvalue weighted by molar-refractivity contribution is 5.98. The maximum atomic E-state index is 12.8. The number of aliphatic carboxylic acids is 1. The number of rotatable bonds is 11. The van der Waals surface area contributed by atoms with Crippen LogP contribution in [0.1, 0.15) is 44.9 Å². The van der Waals surface area contributed by atoms with Gasteiger partial charge in [0.25, 0.3) is 5.91 Å². The van der Waals surface area contributed by atoms with E-state index in [1.165, 1.54) is 12.8 Å². The molecule has 1 unspecified atom stereocenters. The summed E-state index contributed by atoms with van der Waals surface area (Å²) in [5, 5.41) is 9.15. The average molecular weight is 441 g/mol. The Hall–Kier alpha value is -3.23. The van der Waals surface area contributed by atoms with E-state index in [9.17, 15) is 9.59 Å². The summed E-state index contributed by atoms with van der Waals surface area (Å²) < 4.78 is 11.5. The lowest BCUT2D eigenvalue weighted by Crippen LogP contribution is -2.32. The highest BCUT2D eigenvalue weighted by atomic mass is 16.5. The Morgan fingerprint density at radius 1 is 1.19 bits per heavy atom. The van der Waals surface area contributed by atoms with E-state index in [1.54, 1.807) is 35.6 Å². The second kappa shape index (κ2) is 9.93. The molecule has 0 radical (unpaired) electrons. The van der Waals surface area contributed by atoms with Gasteiger partial charge in [-0.3, -0.25) is 9.59 Å². The second-order valence-electron chi connectivity index (χ2n) is 8.31. The highest BCUT2D eigenvalue weighted by Gasteiger charge is 2.34. The SMILES string of the molecule is CCC(CCc1ncc(N2CC[C@@H](Oc3ccc(OCC4CC4)nc3)C2=O)cn1)C(=O)O. The van der Waals surface area contributed by atoms with Gasteiger partial charge in [0.15, 0.2) is 6.10 Å². The number of pyridine rings is 1. The number of carbonyl (C=O) groups excluding carboxylic acids is 1. The average Bonchev–Trinajstić information content (AvgIpc) is 3.57. The number of aryl methyl sites for hydroxylation is 1. The Morgan fingerprint density at radius 2 is 1.97 bits per heavy atom. The molecule has 1 aliphatic heterocycles. The van der Waals surface area contributed by atoms with E-state index in [0.29, 0.717) is 67.9 Å². The summed E-state index contributed by atoms with van der Waals surface area (Å²) in [5.74, 6) is 0.980. The van der Waals surface area contributed by atoms with Gasteiger partial charge >= 0.3 is 5.97 Å². The maximum absolute atomic E-state index is 12.8. The molecule has 0 bridgehead atoms. The largest absolute Gasteiger partial charge is 0.481 e. The molecule has 1 saturated heterocycles. The summed E-state index contributed by atoms with van der Waals surface area (Å²) in [7, 11) is 0. The molecule has 9 nitrogen and oxygen atoms in total. The van der Waals surface area contributed by atoms with Crippen LogP contribution in [0.2, 0.25) is 0 Å². The first-order chi connectivity index (χ1) is 15.5. The first-order valence-corrected chi connectivity index (χ1v) is 11.1. The van der Waals surface area contributed by atoms with Crippen LogP contribution in [0.25, 0.3) is 0 Å². The smallest absolute Gasteiger partial charge is 0.306 e. The molecule has 4 rings (SSSR count). The number of hydrogen-bond acceptors (Lipinski definition) is 7. The van der Waals surface area contributed by atoms with Gasteiger partial charge in [0.05, 0.1) is 36.8 Å². The fourth-order valence-electron chi connectivity index (χ4n) is 3.62. The van der Waals surface area contributed by atoms with Crippen LogP contribution >= 0.6 is 0 Å². The molecule has 1 aliphatic carbocycles. The lowest BCUT2D eigenvalue weighted by atomic mass is 10.0. The second-order valence-corrected chi connectivity index (χ2v) is 8.31. The van der Waals surface area contributed by atoms with Crippen molar-refractivity contribution in [3.63, 3.8) is 0 Å². The Labute approximate surface area is 186 Å². The molecule has 170 valence electrons. The minimum atomic E-state index is -0.798. The molecule has 1 N–H and O–H groups in total. The van der Waals surface area contributed by atoms with Crippen molar-refractivity contribution in [3.05, 3.63) is 36.5 Å². The van der Waals surface area contributed by atoms with Crippen molar-refractivity contribution in [1.82, 2.24) is 15.0 Å². The minimum Gasteiger partial charge on any atom is -0.481 e. The van der Waals surface area contributed by atoms with Crippen molar-refractivity contribution in [2.75, 3.05) is 18.1 Å². The van der Waals surface area contributed by atoms with E-state index in [4.69, 9.17) is 14.6 Å². The Kier molecular flexibility index (Phi) is 6.82. The van der Waals surface area contributed by atoms with Crippen molar-refractivity contribution >= 4 is 17.6 Å².